The van der Waals surface area contributed by atoms with Crippen molar-refractivity contribution in [2.75, 3.05) is 6.67 Å². The van der Waals surface area contributed by atoms with E-state index in [-0.39, 0.29) is 0 Å². The molecule has 2 heterocycles. The molecule has 3 atom stereocenters. The fraction of sp³-hybridized carbons (Fsp3) is 0.750. The first kappa shape index (κ1) is 8.26. The molecule has 0 aromatic carbocycles. The number of hydrazine groups is 1. The Kier molecular flexibility index (Phi) is 2.07. The van der Waals surface area contributed by atoms with Gasteiger partial charge in [-0.1, -0.05) is 0 Å². The van der Waals surface area contributed by atoms with Crippen molar-refractivity contribution in [2.45, 2.75) is 31.0 Å². The molecule has 0 aromatic heterocycles. The maximum absolute atomic E-state index is 3.50. The molecule has 2 aliphatic heterocycles. The van der Waals surface area contributed by atoms with Gasteiger partial charge in [0.05, 0.1) is 0 Å². The lowest BCUT2D eigenvalue weighted by Crippen LogP contribution is -2.52. The largest absolute Gasteiger partial charge is 0.300 e. The van der Waals surface area contributed by atoms with Crippen LogP contribution in [-0.4, -0.2) is 24.8 Å². The van der Waals surface area contributed by atoms with Crippen molar-refractivity contribution in [1.82, 2.24) is 20.9 Å². The molecule has 3 aliphatic rings. The Morgan fingerprint density at radius 3 is 3.31 bits per heavy atom. The van der Waals surface area contributed by atoms with Gasteiger partial charge in [-0.05, 0) is 35.8 Å². The van der Waals surface area contributed by atoms with Crippen molar-refractivity contribution >= 4 is 11.9 Å². The molecule has 1 saturated carbocycles. The normalized spacial score (nSPS) is 43.7. The van der Waals surface area contributed by atoms with E-state index >= 15 is 0 Å². The molecule has 0 aromatic rings. The van der Waals surface area contributed by atoms with E-state index in [1.165, 1.54) is 18.4 Å². The van der Waals surface area contributed by atoms with Crippen LogP contribution in [0.5, 0.6) is 0 Å². The summed E-state index contributed by atoms with van der Waals surface area (Å²) in [5.74, 6) is 0. The number of nitrogens with one attached hydrogen (secondary N) is 4. The summed E-state index contributed by atoms with van der Waals surface area (Å²) in [7, 11) is 0. The summed E-state index contributed by atoms with van der Waals surface area (Å²) in [5.41, 5.74) is 4.83. The molecule has 13 heavy (non-hydrogen) atoms. The number of rotatable bonds is 0. The maximum atomic E-state index is 3.50. The smallest absolute Gasteiger partial charge is 0.0469 e. The van der Waals surface area contributed by atoms with Crippen LogP contribution in [0.1, 0.15) is 12.8 Å². The predicted octanol–water partition coefficient (Wildman–Crippen LogP) is -0.324. The first-order valence-corrected chi connectivity index (χ1v) is 5.66. The molecule has 3 unspecified atom stereocenters. The van der Waals surface area contributed by atoms with Crippen molar-refractivity contribution in [3.05, 3.63) is 11.0 Å². The van der Waals surface area contributed by atoms with Gasteiger partial charge in [0, 0.05) is 24.8 Å². The molecule has 0 bridgehead atoms. The van der Waals surface area contributed by atoms with Crippen LogP contribution in [0, 0.1) is 0 Å². The lowest BCUT2D eigenvalue weighted by molar-refractivity contribution is 0.370. The molecular weight excluding hydrogens is 184 g/mol. The van der Waals surface area contributed by atoms with Crippen LogP contribution in [0.25, 0.3) is 0 Å². The minimum absolute atomic E-state index is 0.537. The van der Waals surface area contributed by atoms with Crippen molar-refractivity contribution in [1.29, 1.82) is 0 Å². The lowest BCUT2D eigenvalue weighted by atomic mass is 9.84. The van der Waals surface area contributed by atoms with Crippen molar-refractivity contribution < 1.29 is 0 Å². The van der Waals surface area contributed by atoms with Crippen molar-refractivity contribution in [3.63, 3.8) is 0 Å². The molecule has 72 valence electrons. The Bertz CT molecular complexity index is 242. The zero-order valence-electron chi connectivity index (χ0n) is 7.34. The van der Waals surface area contributed by atoms with Crippen LogP contribution >= 0.6 is 11.9 Å². The van der Waals surface area contributed by atoms with Crippen LogP contribution < -0.4 is 20.9 Å². The molecule has 4 nitrogen and oxygen atoms in total. The minimum Gasteiger partial charge on any atom is -0.300 e. The average molecular weight is 198 g/mol. The van der Waals surface area contributed by atoms with Gasteiger partial charge in [0.2, 0.25) is 0 Å². The highest BCUT2D eigenvalue weighted by Crippen LogP contribution is 2.29. The minimum atomic E-state index is 0.537. The molecular formula is C8H14N4S. The van der Waals surface area contributed by atoms with Gasteiger partial charge < -0.3 is 0 Å². The SMILES string of the molecule is C1=C2C(CCC3NCNC23)NNS1. The first-order chi connectivity index (χ1) is 6.45. The molecule has 3 rings (SSSR count). The third kappa shape index (κ3) is 1.31. The van der Waals surface area contributed by atoms with Gasteiger partial charge in [0.15, 0.2) is 0 Å². The van der Waals surface area contributed by atoms with Crippen LogP contribution in [0.15, 0.2) is 11.0 Å². The van der Waals surface area contributed by atoms with Gasteiger partial charge >= 0.3 is 0 Å². The highest BCUT2D eigenvalue weighted by molar-refractivity contribution is 8.00. The van der Waals surface area contributed by atoms with Crippen LogP contribution in [0.4, 0.5) is 0 Å². The number of fused-ring (bicyclic) bond motifs is 3. The zero-order chi connectivity index (χ0) is 8.67. The molecule has 0 amide bonds. The summed E-state index contributed by atoms with van der Waals surface area (Å²) in [4.78, 5) is 3.11. The van der Waals surface area contributed by atoms with E-state index in [4.69, 9.17) is 0 Å². The second kappa shape index (κ2) is 3.25. The fourth-order valence-corrected chi connectivity index (χ4v) is 3.14. The molecule has 0 spiro atoms. The summed E-state index contributed by atoms with van der Waals surface area (Å²) >= 11 is 1.64. The first-order valence-electron chi connectivity index (χ1n) is 4.78. The van der Waals surface area contributed by atoms with E-state index in [1.807, 2.05) is 0 Å². The van der Waals surface area contributed by atoms with Gasteiger partial charge in [0.25, 0.3) is 0 Å². The van der Waals surface area contributed by atoms with E-state index in [2.05, 4.69) is 26.3 Å². The van der Waals surface area contributed by atoms with E-state index in [0.717, 1.165) is 6.67 Å². The topological polar surface area (TPSA) is 48.1 Å². The fourth-order valence-electron chi connectivity index (χ4n) is 2.42. The monoisotopic (exact) mass is 198 g/mol. The van der Waals surface area contributed by atoms with Crippen molar-refractivity contribution in [3.8, 4) is 0 Å². The number of hydrogen-bond acceptors (Lipinski definition) is 5. The highest BCUT2D eigenvalue weighted by Gasteiger charge is 2.38. The van der Waals surface area contributed by atoms with Gasteiger partial charge in [0.1, 0.15) is 0 Å². The second-order valence-electron chi connectivity index (χ2n) is 3.78. The van der Waals surface area contributed by atoms with Crippen LogP contribution in [0.3, 0.4) is 0 Å². The van der Waals surface area contributed by atoms with Gasteiger partial charge in [-0.2, -0.15) is 4.83 Å². The second-order valence-corrected chi connectivity index (χ2v) is 4.46. The Labute approximate surface area is 82.0 Å². The Morgan fingerprint density at radius 2 is 2.31 bits per heavy atom. The van der Waals surface area contributed by atoms with Gasteiger partial charge in [-0.25, -0.2) is 5.43 Å². The molecule has 5 heteroatoms. The van der Waals surface area contributed by atoms with Crippen molar-refractivity contribution in [2.24, 2.45) is 0 Å². The van der Waals surface area contributed by atoms with E-state index in [1.54, 1.807) is 11.9 Å². The lowest BCUT2D eigenvalue weighted by Gasteiger charge is -2.36. The quantitative estimate of drug-likeness (QED) is 0.402. The van der Waals surface area contributed by atoms with Gasteiger partial charge in [-0.15, -0.1) is 0 Å². The molecule has 4 N–H and O–H groups in total. The van der Waals surface area contributed by atoms with Crippen LogP contribution in [0.2, 0.25) is 0 Å². The molecule has 1 aliphatic carbocycles. The standard InChI is InChI=1S/C8H14N4S/c1-2-7-8(10-4-9-7)5-3-13-12-11-6(1)5/h3,6-12H,1-2,4H2. The summed E-state index contributed by atoms with van der Waals surface area (Å²) in [6.45, 7) is 0.956. The molecule has 2 fully saturated rings. The third-order valence-corrected chi connectivity index (χ3v) is 3.73. The summed E-state index contributed by atoms with van der Waals surface area (Å²) in [6.07, 6.45) is 2.49. The van der Waals surface area contributed by atoms with E-state index in [0.29, 0.717) is 18.1 Å². The van der Waals surface area contributed by atoms with E-state index < -0.39 is 0 Å². The third-order valence-electron chi connectivity index (χ3n) is 3.10. The Hall–Kier alpha value is -0.0700. The highest BCUT2D eigenvalue weighted by atomic mass is 32.2. The number of hydrogen-bond donors (Lipinski definition) is 4. The summed E-state index contributed by atoms with van der Waals surface area (Å²) < 4.78 is 0. The zero-order valence-corrected chi connectivity index (χ0v) is 8.16. The van der Waals surface area contributed by atoms with E-state index in [9.17, 15) is 0 Å². The van der Waals surface area contributed by atoms with Gasteiger partial charge in [-0.3, -0.25) is 10.6 Å². The summed E-state index contributed by atoms with van der Waals surface area (Å²) in [6, 6.07) is 1.75. The Balaban J connectivity index is 1.87. The van der Waals surface area contributed by atoms with Crippen LogP contribution in [-0.2, 0) is 0 Å². The summed E-state index contributed by atoms with van der Waals surface area (Å²) in [5, 5.41) is 9.23. The maximum Gasteiger partial charge on any atom is 0.0469 e. The Morgan fingerprint density at radius 1 is 1.31 bits per heavy atom. The molecule has 1 saturated heterocycles. The predicted molar refractivity (Wildman–Crippen MR) is 53.7 cm³/mol. The molecule has 0 radical (unpaired) electrons. The average Bonchev–Trinajstić information content (AvgIpc) is 2.65.